The normalized spacial score (nSPS) is 46.0. The van der Waals surface area contributed by atoms with Crippen LogP contribution in [0.25, 0.3) is 0 Å². The van der Waals surface area contributed by atoms with Gasteiger partial charge in [-0.05, 0) is 98.2 Å². The maximum Gasteiger partial charge on any atom is 0.186 e. The Morgan fingerprint density at radius 3 is 2.24 bits per heavy atom. The lowest BCUT2D eigenvalue weighted by Crippen LogP contribution is -2.56. The fourth-order valence-corrected chi connectivity index (χ4v) is 11.1. The molecule has 0 spiro atoms. The van der Waals surface area contributed by atoms with Crippen molar-refractivity contribution in [2.45, 2.75) is 154 Å². The number of rotatable bonds is 12. The Morgan fingerprint density at radius 2 is 1.53 bits per heavy atom. The molecule has 11 nitrogen and oxygen atoms in total. The summed E-state index contributed by atoms with van der Waals surface area (Å²) >= 11 is 0. The van der Waals surface area contributed by atoms with Crippen LogP contribution in [0.3, 0.4) is 0 Å². The fourth-order valence-electron chi connectivity index (χ4n) is 11.1. The standard InChI is InChI=1S/C40H66O11/c1-21(2)23(13-16-48-37-35(46)33(44)31(42)19-49-37)17-30(41)22(3)27-9-10-28-26-8-7-24-18-25(51-38-36(47-6)34(45)32(43)20-50-38)11-14-39(24,4)29(26)12-15-40(27,28)5/h7,9,21-23,25-26,28-38,41-46H,8,10-20H2,1-6H3/t22-,23-,25-,26-,28-,29-,30-,31+,32+,33-,34-,35+,36+,37+,38+,39-,40+/m0/s1. The van der Waals surface area contributed by atoms with Crippen LogP contribution >= 0.6 is 0 Å². The lowest BCUT2D eigenvalue weighted by atomic mass is 9.47. The Bertz CT molecular complexity index is 1240. The summed E-state index contributed by atoms with van der Waals surface area (Å²) in [5, 5.41) is 62.2. The molecule has 2 saturated carbocycles. The Balaban J connectivity index is 1.05. The molecule has 17 atom stereocenters. The molecule has 4 fully saturated rings. The van der Waals surface area contributed by atoms with Gasteiger partial charge in [0.2, 0.25) is 0 Å². The summed E-state index contributed by atoms with van der Waals surface area (Å²) < 4.78 is 28.8. The van der Waals surface area contributed by atoms with Crippen molar-refractivity contribution in [3.8, 4) is 0 Å². The molecule has 11 heteroatoms. The molecule has 2 saturated heterocycles. The second kappa shape index (κ2) is 16.0. The van der Waals surface area contributed by atoms with Crippen molar-refractivity contribution in [3.05, 3.63) is 23.3 Å². The van der Waals surface area contributed by atoms with Gasteiger partial charge in [-0.25, -0.2) is 0 Å². The number of fused-ring (bicyclic) bond motifs is 5. The second-order valence-corrected chi connectivity index (χ2v) is 17.6. The molecule has 4 aliphatic carbocycles. The Morgan fingerprint density at radius 1 is 0.843 bits per heavy atom. The summed E-state index contributed by atoms with van der Waals surface area (Å²) in [5.41, 5.74) is 3.11. The van der Waals surface area contributed by atoms with Crippen LogP contribution in [-0.4, -0.2) is 119 Å². The third-order valence-corrected chi connectivity index (χ3v) is 14.5. The maximum atomic E-state index is 11.7. The van der Waals surface area contributed by atoms with E-state index in [2.05, 4.69) is 46.8 Å². The lowest BCUT2D eigenvalue weighted by Gasteiger charge is -2.58. The van der Waals surface area contributed by atoms with Gasteiger partial charge in [-0.2, -0.15) is 0 Å². The van der Waals surface area contributed by atoms with Gasteiger partial charge in [0.25, 0.3) is 0 Å². The molecule has 0 amide bonds. The molecule has 0 bridgehead atoms. The van der Waals surface area contributed by atoms with E-state index in [1.807, 2.05) is 0 Å². The lowest BCUT2D eigenvalue weighted by molar-refractivity contribution is -0.290. The van der Waals surface area contributed by atoms with Crippen LogP contribution in [-0.2, 0) is 23.7 Å². The molecule has 6 N–H and O–H groups in total. The highest BCUT2D eigenvalue weighted by molar-refractivity contribution is 5.31. The number of ether oxygens (including phenoxy) is 5. The molecular weight excluding hydrogens is 656 g/mol. The third kappa shape index (κ3) is 7.66. The first kappa shape index (κ1) is 39.7. The Hall–Kier alpha value is -0.960. The minimum absolute atomic E-state index is 0.0164. The zero-order chi connectivity index (χ0) is 36.8. The number of aliphatic hydroxyl groups is 6. The summed E-state index contributed by atoms with van der Waals surface area (Å²) in [6, 6.07) is 0. The molecule has 2 aliphatic heterocycles. The number of methoxy groups -OCH3 is 1. The predicted molar refractivity (Wildman–Crippen MR) is 189 cm³/mol. The van der Waals surface area contributed by atoms with Crippen molar-refractivity contribution >= 4 is 0 Å². The summed E-state index contributed by atoms with van der Waals surface area (Å²) in [7, 11) is 1.51. The SMILES string of the molecule is CO[C@H]1[C@@H](O[C@H]2CC[C@@]3(C)C(=CC[C@@H]4[C@@H]3CC[C@]3(C)C([C@H](C)[C@@H](O)C[C@H](CCO[C@@H]5OC[C@@H](O)[C@H](O)[C@H]5O)C(C)C)=CC[C@@H]43)C2)OC[C@@H](O)[C@@H]1O. The molecule has 0 radical (unpaired) electrons. The van der Waals surface area contributed by atoms with Crippen molar-refractivity contribution in [2.75, 3.05) is 26.9 Å². The van der Waals surface area contributed by atoms with Gasteiger partial charge in [0.1, 0.15) is 36.6 Å². The van der Waals surface area contributed by atoms with Crippen LogP contribution in [0.4, 0.5) is 0 Å². The highest BCUT2D eigenvalue weighted by Crippen LogP contribution is 2.66. The average Bonchev–Trinajstić information content (AvgIpc) is 3.46. The Labute approximate surface area is 304 Å². The molecule has 6 aliphatic rings. The van der Waals surface area contributed by atoms with Crippen LogP contribution in [0, 0.1) is 46.3 Å². The molecule has 292 valence electrons. The molecular formula is C40H66O11. The number of aliphatic hydroxyl groups excluding tert-OH is 6. The van der Waals surface area contributed by atoms with E-state index in [1.54, 1.807) is 0 Å². The molecule has 0 unspecified atom stereocenters. The molecule has 2 heterocycles. The van der Waals surface area contributed by atoms with E-state index in [4.69, 9.17) is 23.7 Å². The molecule has 0 aromatic heterocycles. The van der Waals surface area contributed by atoms with E-state index < -0.39 is 55.3 Å². The fraction of sp³-hybridized carbons (Fsp3) is 0.900. The van der Waals surface area contributed by atoms with E-state index in [9.17, 15) is 30.6 Å². The van der Waals surface area contributed by atoms with E-state index in [0.717, 1.165) is 38.5 Å². The average molecular weight is 723 g/mol. The first-order chi connectivity index (χ1) is 24.2. The Kier molecular flexibility index (Phi) is 12.5. The smallest absolute Gasteiger partial charge is 0.186 e. The summed E-state index contributed by atoms with van der Waals surface area (Å²) in [5.74, 6) is 2.36. The zero-order valence-electron chi connectivity index (χ0n) is 31.6. The van der Waals surface area contributed by atoms with Gasteiger partial charge in [0, 0.05) is 13.0 Å². The highest BCUT2D eigenvalue weighted by Gasteiger charge is 2.58. The van der Waals surface area contributed by atoms with Crippen molar-refractivity contribution in [1.82, 2.24) is 0 Å². The molecule has 6 rings (SSSR count). The summed E-state index contributed by atoms with van der Waals surface area (Å²) in [4.78, 5) is 0. The number of allylic oxidation sites excluding steroid dienone is 2. The first-order valence-corrected chi connectivity index (χ1v) is 19.7. The van der Waals surface area contributed by atoms with Gasteiger partial charge in [-0.3, -0.25) is 0 Å². The van der Waals surface area contributed by atoms with Crippen molar-refractivity contribution in [1.29, 1.82) is 0 Å². The number of hydrogen-bond donors (Lipinski definition) is 6. The zero-order valence-corrected chi connectivity index (χ0v) is 31.6. The van der Waals surface area contributed by atoms with Gasteiger partial charge >= 0.3 is 0 Å². The van der Waals surface area contributed by atoms with Crippen molar-refractivity contribution in [2.24, 2.45) is 46.3 Å². The minimum Gasteiger partial charge on any atom is -0.393 e. The van der Waals surface area contributed by atoms with Crippen LogP contribution in [0.2, 0.25) is 0 Å². The van der Waals surface area contributed by atoms with Crippen molar-refractivity contribution < 1.29 is 54.3 Å². The quantitative estimate of drug-likeness (QED) is 0.163. The summed E-state index contributed by atoms with van der Waals surface area (Å²) in [6.45, 7) is 11.7. The number of hydrogen-bond acceptors (Lipinski definition) is 11. The monoisotopic (exact) mass is 722 g/mol. The van der Waals surface area contributed by atoms with Gasteiger partial charge in [-0.15, -0.1) is 0 Å². The topological polar surface area (TPSA) is 168 Å². The minimum atomic E-state index is -1.30. The predicted octanol–water partition coefficient (Wildman–Crippen LogP) is 3.47. The van der Waals surface area contributed by atoms with Crippen LogP contribution in [0.1, 0.15) is 92.4 Å². The van der Waals surface area contributed by atoms with E-state index >= 15 is 0 Å². The van der Waals surface area contributed by atoms with Crippen LogP contribution in [0.15, 0.2) is 23.3 Å². The van der Waals surface area contributed by atoms with Gasteiger partial charge in [0.05, 0.1) is 32.0 Å². The molecule has 51 heavy (non-hydrogen) atoms. The van der Waals surface area contributed by atoms with Crippen LogP contribution in [0.5, 0.6) is 0 Å². The van der Waals surface area contributed by atoms with Crippen molar-refractivity contribution in [3.63, 3.8) is 0 Å². The van der Waals surface area contributed by atoms with Gasteiger partial charge in [-0.1, -0.05) is 57.9 Å². The highest BCUT2D eigenvalue weighted by atomic mass is 16.7. The van der Waals surface area contributed by atoms with E-state index in [-0.39, 0.29) is 42.0 Å². The molecule has 0 aromatic rings. The van der Waals surface area contributed by atoms with E-state index in [1.165, 1.54) is 24.7 Å². The van der Waals surface area contributed by atoms with Gasteiger partial charge in [0.15, 0.2) is 12.6 Å². The van der Waals surface area contributed by atoms with E-state index in [0.29, 0.717) is 43.1 Å². The van der Waals surface area contributed by atoms with Crippen LogP contribution < -0.4 is 0 Å². The first-order valence-electron chi connectivity index (χ1n) is 19.7. The summed E-state index contributed by atoms with van der Waals surface area (Å²) in [6.07, 6.45) is 4.94. The van der Waals surface area contributed by atoms with Gasteiger partial charge < -0.3 is 54.3 Å². The molecule has 0 aromatic carbocycles. The third-order valence-electron chi connectivity index (χ3n) is 14.5. The maximum absolute atomic E-state index is 11.7. The second-order valence-electron chi connectivity index (χ2n) is 17.6. The largest absolute Gasteiger partial charge is 0.393 e.